The van der Waals surface area contributed by atoms with Crippen molar-refractivity contribution in [2.75, 3.05) is 18.8 Å². The van der Waals surface area contributed by atoms with E-state index in [1.165, 1.54) is 4.68 Å². The van der Waals surface area contributed by atoms with Crippen molar-refractivity contribution in [1.29, 1.82) is 0 Å². The van der Waals surface area contributed by atoms with Crippen LogP contribution in [0.4, 0.5) is 5.69 Å². The molecular formula is C14H24N4O3. The van der Waals surface area contributed by atoms with Crippen LogP contribution in [0.25, 0.3) is 0 Å². The Balaban J connectivity index is 2.86. The number of aryl methyl sites for hydroxylation is 2. The Labute approximate surface area is 125 Å². The fraction of sp³-hybridized carbons (Fsp3) is 0.643. The molecule has 7 nitrogen and oxygen atoms in total. The number of anilines is 1. The fourth-order valence-electron chi connectivity index (χ4n) is 2.16. The number of amides is 1. The molecule has 0 aromatic carbocycles. The number of carbonyl (C=O) groups excluding carboxylic acids is 2. The summed E-state index contributed by atoms with van der Waals surface area (Å²) in [6.07, 6.45) is -0.224. The maximum absolute atomic E-state index is 12.2. The SMILES string of the molecule is CCc1nn(C)c(C(=O)OC(C)C(=O)N(CC)CC)c1N. The number of aromatic nitrogens is 2. The molecule has 0 saturated carbocycles. The highest BCUT2D eigenvalue weighted by Crippen LogP contribution is 2.18. The van der Waals surface area contributed by atoms with Crippen molar-refractivity contribution in [2.24, 2.45) is 7.05 Å². The van der Waals surface area contributed by atoms with E-state index >= 15 is 0 Å². The van der Waals surface area contributed by atoms with Crippen molar-refractivity contribution in [1.82, 2.24) is 14.7 Å². The Morgan fingerprint density at radius 3 is 2.33 bits per heavy atom. The summed E-state index contributed by atoms with van der Waals surface area (Å²) >= 11 is 0. The predicted octanol–water partition coefficient (Wildman–Crippen LogP) is 0.978. The third-order valence-electron chi connectivity index (χ3n) is 3.40. The van der Waals surface area contributed by atoms with Crippen LogP contribution in [0, 0.1) is 0 Å². The van der Waals surface area contributed by atoms with Crippen molar-refractivity contribution in [3.63, 3.8) is 0 Å². The smallest absolute Gasteiger partial charge is 0.359 e. The van der Waals surface area contributed by atoms with Crippen molar-refractivity contribution < 1.29 is 14.3 Å². The predicted molar refractivity (Wildman–Crippen MR) is 79.8 cm³/mol. The lowest BCUT2D eigenvalue weighted by atomic mass is 10.2. The fourth-order valence-corrected chi connectivity index (χ4v) is 2.16. The molecule has 1 heterocycles. The second kappa shape index (κ2) is 7.10. The quantitative estimate of drug-likeness (QED) is 0.790. The van der Waals surface area contributed by atoms with Gasteiger partial charge in [0, 0.05) is 20.1 Å². The number of carbonyl (C=O) groups is 2. The van der Waals surface area contributed by atoms with E-state index in [9.17, 15) is 9.59 Å². The summed E-state index contributed by atoms with van der Waals surface area (Å²) in [6.45, 7) is 8.37. The Morgan fingerprint density at radius 1 is 1.33 bits per heavy atom. The monoisotopic (exact) mass is 296 g/mol. The molecule has 1 amide bonds. The molecule has 1 aromatic rings. The van der Waals surface area contributed by atoms with Gasteiger partial charge in [-0.1, -0.05) is 6.92 Å². The number of nitrogens with two attached hydrogens (primary N) is 1. The molecule has 0 saturated heterocycles. The van der Waals surface area contributed by atoms with Crippen LogP contribution in [0.5, 0.6) is 0 Å². The molecule has 0 aliphatic heterocycles. The standard InChI is InChI=1S/C14H24N4O3/c1-6-10-11(15)12(17(5)16-10)14(20)21-9(4)13(19)18(7-2)8-3/h9H,6-8,15H2,1-5H3. The first-order valence-corrected chi connectivity index (χ1v) is 7.18. The molecule has 21 heavy (non-hydrogen) atoms. The molecule has 0 radical (unpaired) electrons. The first-order valence-electron chi connectivity index (χ1n) is 7.18. The maximum atomic E-state index is 12.2. The lowest BCUT2D eigenvalue weighted by Crippen LogP contribution is -2.40. The van der Waals surface area contributed by atoms with Crippen LogP contribution in [-0.4, -0.2) is 45.8 Å². The van der Waals surface area contributed by atoms with Gasteiger partial charge in [-0.25, -0.2) is 4.79 Å². The molecule has 1 atom stereocenters. The molecule has 0 aliphatic rings. The minimum Gasteiger partial charge on any atom is -0.448 e. The van der Waals surface area contributed by atoms with Gasteiger partial charge in [-0.2, -0.15) is 5.10 Å². The van der Waals surface area contributed by atoms with Gasteiger partial charge in [-0.05, 0) is 27.2 Å². The van der Waals surface area contributed by atoms with Gasteiger partial charge < -0.3 is 15.4 Å². The van der Waals surface area contributed by atoms with Crippen LogP contribution in [0.3, 0.4) is 0 Å². The van der Waals surface area contributed by atoms with Crippen LogP contribution in [0.15, 0.2) is 0 Å². The normalized spacial score (nSPS) is 12.0. The number of rotatable bonds is 6. The zero-order chi connectivity index (χ0) is 16.2. The first kappa shape index (κ1) is 17.0. The Morgan fingerprint density at radius 2 is 1.90 bits per heavy atom. The van der Waals surface area contributed by atoms with E-state index in [1.54, 1.807) is 18.9 Å². The third-order valence-corrected chi connectivity index (χ3v) is 3.40. The van der Waals surface area contributed by atoms with E-state index in [4.69, 9.17) is 10.5 Å². The van der Waals surface area contributed by atoms with Crippen LogP contribution < -0.4 is 5.73 Å². The van der Waals surface area contributed by atoms with E-state index in [0.29, 0.717) is 30.9 Å². The number of likely N-dealkylation sites (N-methyl/N-ethyl adjacent to an activating group) is 1. The Bertz CT molecular complexity index is 521. The molecule has 2 N–H and O–H groups in total. The largest absolute Gasteiger partial charge is 0.448 e. The molecule has 0 bridgehead atoms. The summed E-state index contributed by atoms with van der Waals surface area (Å²) in [7, 11) is 1.63. The first-order chi connectivity index (χ1) is 9.87. The van der Waals surface area contributed by atoms with Gasteiger partial charge in [0.05, 0.1) is 11.4 Å². The number of nitrogens with zero attached hydrogens (tertiary/aromatic N) is 3. The Hall–Kier alpha value is -2.05. The van der Waals surface area contributed by atoms with Crippen LogP contribution in [0.1, 0.15) is 43.9 Å². The van der Waals surface area contributed by atoms with Gasteiger partial charge in [-0.3, -0.25) is 9.48 Å². The molecule has 0 fully saturated rings. The zero-order valence-corrected chi connectivity index (χ0v) is 13.3. The summed E-state index contributed by atoms with van der Waals surface area (Å²) in [5, 5.41) is 4.16. The van der Waals surface area contributed by atoms with Crippen molar-refractivity contribution in [2.45, 2.75) is 40.2 Å². The van der Waals surface area contributed by atoms with E-state index in [1.807, 2.05) is 20.8 Å². The molecular weight excluding hydrogens is 272 g/mol. The molecule has 1 rings (SSSR count). The number of esters is 1. The summed E-state index contributed by atoms with van der Waals surface area (Å²) in [5.74, 6) is -0.847. The van der Waals surface area contributed by atoms with Gasteiger partial charge in [0.25, 0.3) is 5.91 Å². The second-order valence-electron chi connectivity index (χ2n) is 4.74. The van der Waals surface area contributed by atoms with Crippen LogP contribution in [-0.2, 0) is 23.0 Å². The number of hydrogen-bond acceptors (Lipinski definition) is 5. The molecule has 1 aromatic heterocycles. The zero-order valence-electron chi connectivity index (χ0n) is 13.3. The van der Waals surface area contributed by atoms with E-state index in [0.717, 1.165) is 0 Å². The highest BCUT2D eigenvalue weighted by Gasteiger charge is 2.26. The van der Waals surface area contributed by atoms with Gasteiger partial charge in [-0.15, -0.1) is 0 Å². The molecule has 7 heteroatoms. The number of ether oxygens (including phenoxy) is 1. The molecule has 118 valence electrons. The molecule has 0 spiro atoms. The average Bonchev–Trinajstić information content (AvgIpc) is 2.74. The highest BCUT2D eigenvalue weighted by atomic mass is 16.5. The lowest BCUT2D eigenvalue weighted by Gasteiger charge is -2.22. The van der Waals surface area contributed by atoms with Crippen molar-refractivity contribution in [3.05, 3.63) is 11.4 Å². The minimum absolute atomic E-state index is 0.186. The van der Waals surface area contributed by atoms with Gasteiger partial charge >= 0.3 is 5.97 Å². The number of hydrogen-bond donors (Lipinski definition) is 1. The average molecular weight is 296 g/mol. The molecule has 1 unspecified atom stereocenters. The Kier molecular flexibility index (Phi) is 5.75. The number of nitrogen functional groups attached to an aromatic ring is 1. The summed E-state index contributed by atoms with van der Waals surface area (Å²) in [6, 6.07) is 0. The van der Waals surface area contributed by atoms with E-state index in [-0.39, 0.29) is 11.6 Å². The maximum Gasteiger partial charge on any atom is 0.359 e. The minimum atomic E-state index is -0.850. The van der Waals surface area contributed by atoms with Gasteiger partial charge in [0.15, 0.2) is 11.8 Å². The van der Waals surface area contributed by atoms with Gasteiger partial charge in [0.1, 0.15) is 0 Å². The topological polar surface area (TPSA) is 90.5 Å². The summed E-state index contributed by atoms with van der Waals surface area (Å²) in [5.41, 5.74) is 7.04. The third kappa shape index (κ3) is 3.53. The molecule has 0 aliphatic carbocycles. The van der Waals surface area contributed by atoms with Crippen LogP contribution in [0.2, 0.25) is 0 Å². The van der Waals surface area contributed by atoms with E-state index < -0.39 is 12.1 Å². The van der Waals surface area contributed by atoms with Crippen LogP contribution >= 0.6 is 0 Å². The van der Waals surface area contributed by atoms with Gasteiger partial charge in [0.2, 0.25) is 0 Å². The highest BCUT2D eigenvalue weighted by molar-refractivity contribution is 5.95. The summed E-state index contributed by atoms with van der Waals surface area (Å²) < 4.78 is 6.63. The second-order valence-corrected chi connectivity index (χ2v) is 4.74. The van der Waals surface area contributed by atoms with E-state index in [2.05, 4.69) is 5.10 Å². The lowest BCUT2D eigenvalue weighted by molar-refractivity contribution is -0.139. The van der Waals surface area contributed by atoms with Crippen molar-refractivity contribution >= 4 is 17.6 Å². The summed E-state index contributed by atoms with van der Waals surface area (Å²) in [4.78, 5) is 25.9. The van der Waals surface area contributed by atoms with Crippen molar-refractivity contribution in [3.8, 4) is 0 Å².